The summed E-state index contributed by atoms with van der Waals surface area (Å²) in [5.74, 6) is 1.90. The number of anilines is 1. The van der Waals surface area contributed by atoms with Gasteiger partial charge in [0.15, 0.2) is 0 Å². The Bertz CT molecular complexity index is 738. The molecule has 2 bridgehead atoms. The van der Waals surface area contributed by atoms with Gasteiger partial charge in [-0.2, -0.15) is 0 Å². The van der Waals surface area contributed by atoms with Crippen LogP contribution in [0, 0.1) is 18.8 Å². The van der Waals surface area contributed by atoms with Crippen LogP contribution in [-0.2, 0) is 17.6 Å². The fourth-order valence-electron chi connectivity index (χ4n) is 6.08. The summed E-state index contributed by atoms with van der Waals surface area (Å²) in [6.45, 7) is 3.97. The number of piperidine rings is 3. The molecule has 6 nitrogen and oxygen atoms in total. The number of aliphatic hydroxyl groups excluding tert-OH is 1. The lowest BCUT2D eigenvalue weighted by Gasteiger charge is -2.56. The van der Waals surface area contributed by atoms with Crippen LogP contribution in [0.1, 0.15) is 55.5 Å². The Balaban J connectivity index is 1.45. The van der Waals surface area contributed by atoms with E-state index in [1.54, 1.807) is 0 Å². The summed E-state index contributed by atoms with van der Waals surface area (Å²) in [6.07, 6.45) is 8.44. The van der Waals surface area contributed by atoms with E-state index in [9.17, 15) is 9.90 Å². The Morgan fingerprint density at radius 1 is 1.07 bits per heavy atom. The highest BCUT2D eigenvalue weighted by Crippen LogP contribution is 2.42. The second kappa shape index (κ2) is 6.73. The minimum Gasteiger partial charge on any atom is -0.394 e. The molecule has 3 fully saturated rings. The van der Waals surface area contributed by atoms with E-state index in [2.05, 4.69) is 16.7 Å². The molecule has 1 aliphatic carbocycles. The number of rotatable bonds is 2. The number of nitrogens with zero attached hydrogens (tertiary/aromatic N) is 4. The quantitative estimate of drug-likeness (QED) is 0.861. The highest BCUT2D eigenvalue weighted by atomic mass is 16.3. The maximum absolute atomic E-state index is 12.6. The van der Waals surface area contributed by atoms with Crippen molar-refractivity contribution in [2.24, 2.45) is 11.8 Å². The number of amides is 1. The number of carbonyl (C=O) groups is 1. The molecule has 0 unspecified atom stereocenters. The summed E-state index contributed by atoms with van der Waals surface area (Å²) in [5, 5.41) is 10.1. The van der Waals surface area contributed by atoms with Crippen LogP contribution in [0.5, 0.6) is 0 Å². The molecule has 0 saturated carbocycles. The van der Waals surface area contributed by atoms with Crippen molar-refractivity contribution in [1.29, 1.82) is 0 Å². The average molecular weight is 370 g/mol. The number of aromatic nitrogens is 2. The molecule has 1 N–H and O–H groups in total. The maximum Gasteiger partial charge on any atom is 0.225 e. The minimum absolute atomic E-state index is 0.0411. The predicted molar refractivity (Wildman–Crippen MR) is 103 cm³/mol. The molecule has 0 aromatic carbocycles. The summed E-state index contributed by atoms with van der Waals surface area (Å²) >= 11 is 0. The van der Waals surface area contributed by atoms with Crippen molar-refractivity contribution < 1.29 is 9.90 Å². The normalized spacial score (nSPS) is 32.9. The van der Waals surface area contributed by atoms with E-state index >= 15 is 0 Å². The molecule has 4 heterocycles. The Kier molecular flexibility index (Phi) is 4.34. The molecule has 3 aliphatic heterocycles. The topological polar surface area (TPSA) is 69.6 Å². The van der Waals surface area contributed by atoms with E-state index in [0.717, 1.165) is 56.8 Å². The molecule has 4 atom stereocenters. The first-order valence-electron chi connectivity index (χ1n) is 10.7. The number of fused-ring (bicyclic) bond motifs is 5. The van der Waals surface area contributed by atoms with E-state index in [-0.39, 0.29) is 24.6 Å². The Morgan fingerprint density at radius 2 is 1.89 bits per heavy atom. The summed E-state index contributed by atoms with van der Waals surface area (Å²) in [6, 6.07) is 0.238. The van der Waals surface area contributed by atoms with Gasteiger partial charge in [0.25, 0.3) is 0 Å². The summed E-state index contributed by atoms with van der Waals surface area (Å²) in [5.41, 5.74) is 3.74. The Morgan fingerprint density at radius 3 is 2.74 bits per heavy atom. The first-order chi connectivity index (χ1) is 13.2. The molecule has 1 aromatic heterocycles. The molecule has 27 heavy (non-hydrogen) atoms. The van der Waals surface area contributed by atoms with Crippen molar-refractivity contribution in [2.75, 3.05) is 24.6 Å². The van der Waals surface area contributed by atoms with E-state index < -0.39 is 0 Å². The molecule has 146 valence electrons. The predicted octanol–water partition coefficient (Wildman–Crippen LogP) is 1.86. The largest absolute Gasteiger partial charge is 0.394 e. The zero-order chi connectivity index (χ0) is 18.5. The Hall–Kier alpha value is -1.69. The van der Waals surface area contributed by atoms with Crippen molar-refractivity contribution >= 4 is 11.9 Å². The van der Waals surface area contributed by atoms with Gasteiger partial charge in [0, 0.05) is 36.9 Å². The van der Waals surface area contributed by atoms with Gasteiger partial charge in [0.2, 0.25) is 11.9 Å². The summed E-state index contributed by atoms with van der Waals surface area (Å²) < 4.78 is 0. The highest BCUT2D eigenvalue weighted by molar-refractivity contribution is 5.78. The third-order valence-electron chi connectivity index (χ3n) is 7.34. The molecular weight excluding hydrogens is 340 g/mol. The molecule has 5 rings (SSSR count). The smallest absolute Gasteiger partial charge is 0.225 e. The molecule has 1 amide bonds. The average Bonchev–Trinajstić information content (AvgIpc) is 2.69. The van der Waals surface area contributed by atoms with Crippen molar-refractivity contribution in [1.82, 2.24) is 14.9 Å². The van der Waals surface area contributed by atoms with Crippen LogP contribution in [0.4, 0.5) is 5.95 Å². The minimum atomic E-state index is -0.0411. The van der Waals surface area contributed by atoms with E-state index in [1.807, 2.05) is 0 Å². The number of hydrogen-bond acceptors (Lipinski definition) is 5. The number of aliphatic hydroxyl groups is 1. The Labute approximate surface area is 161 Å². The second-order valence-electron chi connectivity index (χ2n) is 8.91. The van der Waals surface area contributed by atoms with Gasteiger partial charge in [-0.3, -0.25) is 4.79 Å². The second-order valence-corrected chi connectivity index (χ2v) is 8.91. The van der Waals surface area contributed by atoms with E-state index in [1.165, 1.54) is 24.1 Å². The van der Waals surface area contributed by atoms with Gasteiger partial charge < -0.3 is 14.9 Å². The third kappa shape index (κ3) is 2.84. The van der Waals surface area contributed by atoms with Crippen molar-refractivity contribution in [3.8, 4) is 0 Å². The SMILES string of the molecule is Cc1nc(N2C[C@H]3C[C@@H](C2)[C@H](CO)N2C(=O)CCC[C@@H]32)nc2c1CCCC2. The van der Waals surface area contributed by atoms with Gasteiger partial charge in [0.1, 0.15) is 0 Å². The molecule has 0 spiro atoms. The van der Waals surface area contributed by atoms with Crippen LogP contribution in [0.15, 0.2) is 0 Å². The summed E-state index contributed by atoms with van der Waals surface area (Å²) in [4.78, 5) is 26.8. The van der Waals surface area contributed by atoms with Crippen LogP contribution >= 0.6 is 0 Å². The summed E-state index contributed by atoms with van der Waals surface area (Å²) in [7, 11) is 0. The van der Waals surface area contributed by atoms with Gasteiger partial charge in [-0.05, 0) is 69.3 Å². The zero-order valence-corrected chi connectivity index (χ0v) is 16.2. The fourth-order valence-corrected chi connectivity index (χ4v) is 6.08. The lowest BCUT2D eigenvalue weighted by molar-refractivity contribution is -0.150. The zero-order valence-electron chi connectivity index (χ0n) is 16.2. The lowest BCUT2D eigenvalue weighted by atomic mass is 9.72. The van der Waals surface area contributed by atoms with Crippen molar-refractivity contribution in [3.63, 3.8) is 0 Å². The number of aryl methyl sites for hydroxylation is 2. The number of carbonyl (C=O) groups excluding carboxylic acids is 1. The molecular formula is C21H30N4O2. The van der Waals surface area contributed by atoms with Gasteiger partial charge in [-0.1, -0.05) is 0 Å². The molecule has 1 aromatic rings. The van der Waals surface area contributed by atoms with Gasteiger partial charge in [0.05, 0.1) is 12.6 Å². The molecule has 6 heteroatoms. The fraction of sp³-hybridized carbons (Fsp3) is 0.762. The van der Waals surface area contributed by atoms with Crippen LogP contribution in [-0.4, -0.2) is 57.7 Å². The van der Waals surface area contributed by atoms with Gasteiger partial charge in [-0.15, -0.1) is 0 Å². The van der Waals surface area contributed by atoms with Gasteiger partial charge >= 0.3 is 0 Å². The number of hydrogen-bond donors (Lipinski definition) is 1. The van der Waals surface area contributed by atoms with Crippen LogP contribution in [0.25, 0.3) is 0 Å². The van der Waals surface area contributed by atoms with E-state index in [4.69, 9.17) is 9.97 Å². The molecule has 0 radical (unpaired) electrons. The monoisotopic (exact) mass is 370 g/mol. The maximum atomic E-state index is 12.6. The lowest BCUT2D eigenvalue weighted by Crippen LogP contribution is -2.66. The highest BCUT2D eigenvalue weighted by Gasteiger charge is 2.49. The van der Waals surface area contributed by atoms with Crippen LogP contribution in [0.3, 0.4) is 0 Å². The third-order valence-corrected chi connectivity index (χ3v) is 7.34. The van der Waals surface area contributed by atoms with E-state index in [0.29, 0.717) is 18.3 Å². The first kappa shape index (κ1) is 17.4. The van der Waals surface area contributed by atoms with Crippen molar-refractivity contribution in [3.05, 3.63) is 17.0 Å². The van der Waals surface area contributed by atoms with Crippen molar-refractivity contribution in [2.45, 2.75) is 70.4 Å². The molecule has 4 aliphatic rings. The van der Waals surface area contributed by atoms with Crippen LogP contribution in [0.2, 0.25) is 0 Å². The first-order valence-corrected chi connectivity index (χ1v) is 10.7. The molecule has 3 saturated heterocycles. The van der Waals surface area contributed by atoms with Gasteiger partial charge in [-0.25, -0.2) is 9.97 Å². The van der Waals surface area contributed by atoms with Crippen LogP contribution < -0.4 is 4.90 Å². The standard InChI is InChI=1S/C21H30N4O2/c1-13-16-5-2-3-6-17(16)23-21(22-13)24-10-14-9-15(11-24)19(12-26)25-18(14)7-4-8-20(25)27/h14-15,18-19,26H,2-12H2,1H3/t14-,15+,18+,19+/m1/s1.